The van der Waals surface area contributed by atoms with Crippen LogP contribution in [0.3, 0.4) is 0 Å². The molecule has 0 aromatic heterocycles. The van der Waals surface area contributed by atoms with Crippen LogP contribution in [0, 0.1) is 0 Å². The summed E-state index contributed by atoms with van der Waals surface area (Å²) < 4.78 is 61.4. The third-order valence-electron chi connectivity index (χ3n) is 17.9. The van der Waals surface area contributed by atoms with Gasteiger partial charge in [-0.15, -0.1) is 0 Å². The minimum Gasteiger partial charge on any atom is -0.463 e. The number of aliphatic hydroxyl groups excluding tert-OH is 2. The van der Waals surface area contributed by atoms with Gasteiger partial charge in [0.05, 0.1) is 26.4 Å². The van der Waals surface area contributed by atoms with Crippen molar-refractivity contribution in [1.82, 2.24) is 0 Å². The number of rotatable bonds is 81. The number of aliphatic hydroxyl groups is 2. The minimum absolute atomic E-state index is 0.0857. The van der Waals surface area contributed by atoms with E-state index in [9.17, 15) is 43.5 Å². The summed E-state index contributed by atoms with van der Waals surface area (Å²) in [6.45, 7) is 2.43. The predicted octanol–water partition coefficient (Wildman–Crippen LogP) is 26.3. The molecule has 0 fully saturated rings. The van der Waals surface area contributed by atoms with E-state index >= 15 is 0 Å². The van der Waals surface area contributed by atoms with Crippen LogP contribution in [-0.4, -0.2) is 95.9 Å². The normalized spacial score (nSPS) is 14.7. The van der Waals surface area contributed by atoms with Gasteiger partial charge in [-0.25, -0.2) is 9.13 Å². The van der Waals surface area contributed by atoms with Crippen molar-refractivity contribution in [2.45, 2.75) is 360 Å². The second-order valence-electron chi connectivity index (χ2n) is 28.6. The summed E-state index contributed by atoms with van der Waals surface area (Å²) in [5.41, 5.74) is 0. The first kappa shape index (κ1) is 106. The summed E-state index contributed by atoms with van der Waals surface area (Å²) in [5.74, 6) is -1.60. The number of hydrogen-bond acceptors (Lipinski definition) is 14. The highest BCUT2D eigenvalue weighted by Crippen LogP contribution is 2.45. The standard InChI is InChI=1S/C93H156O16P2/c1-4-7-10-13-16-19-22-25-28-31-34-37-40-42-43-45-48-49-52-55-58-61-64-67-70-73-76-79-91(96)103-82-88(94)83-105-110(99,100)106-84-89(95)85-107-111(101,102)108-87-90(109-93(98)81-78-75-72-69-66-63-60-57-54-51-46-39-36-33-30-27-24-21-18-15-12-9-6-3)86-104-92(97)80-77-74-71-68-65-62-59-56-53-50-47-44-41-38-35-32-29-26-23-20-17-14-11-8-5-2/h7-8,10-11,16-21,25-30,34-39,42-44,47,51,54,88-90,94-95H,4-6,9,12-15,22-24,31-33,40-41,45-46,48-50,52-53,55-87H2,1-3H3,(H,99,100)(H,101,102)/b10-7-,11-8-,19-16-,20-17-,21-18-,28-25-,29-26-,30-27-,37-34-,38-35-,39-36-,43-42-,47-44-,54-51-. The largest absolute Gasteiger partial charge is 0.472 e. The lowest BCUT2D eigenvalue weighted by molar-refractivity contribution is -0.161. The second-order valence-corrected chi connectivity index (χ2v) is 31.5. The predicted molar refractivity (Wildman–Crippen MR) is 463 cm³/mol. The van der Waals surface area contributed by atoms with E-state index in [-0.39, 0.29) is 19.3 Å². The number of unbranched alkanes of at least 4 members (excludes halogenated alkanes) is 30. The number of ether oxygens (including phenoxy) is 3. The van der Waals surface area contributed by atoms with Crippen molar-refractivity contribution in [3.05, 3.63) is 170 Å². The molecule has 0 radical (unpaired) electrons. The number of phosphoric ester groups is 2. The summed E-state index contributed by atoms with van der Waals surface area (Å²) in [4.78, 5) is 58.9. The summed E-state index contributed by atoms with van der Waals surface area (Å²) in [6.07, 6.45) is 108. The molecule has 5 unspecified atom stereocenters. The van der Waals surface area contributed by atoms with Gasteiger partial charge in [-0.1, -0.05) is 339 Å². The molecule has 0 aliphatic heterocycles. The zero-order chi connectivity index (χ0) is 80.8. The van der Waals surface area contributed by atoms with Crippen molar-refractivity contribution in [2.75, 3.05) is 39.6 Å². The SMILES string of the molecule is CC/C=C\C/C=C\C/C=C\C/C=C\C/C=C\CCCCCCCCCCCCCC(=O)OCC(O)COP(=O)(O)OCC(O)COP(=O)(O)OCC(COC(=O)CCCCCCCCCCC/C=C\C/C=C\C/C=C\C/C=C\C/C=C\CC)OC(=O)CCCCCCCCC/C=C\C/C=C\C/C=C\C/C=C\CCCCC. The van der Waals surface area contributed by atoms with Crippen molar-refractivity contribution in [2.24, 2.45) is 0 Å². The van der Waals surface area contributed by atoms with Gasteiger partial charge < -0.3 is 34.2 Å². The van der Waals surface area contributed by atoms with Crippen LogP contribution in [0.4, 0.5) is 0 Å². The molecule has 5 atom stereocenters. The number of esters is 3. The number of allylic oxidation sites excluding steroid dienone is 28. The van der Waals surface area contributed by atoms with E-state index in [1.54, 1.807) is 0 Å². The maximum absolute atomic E-state index is 13.1. The molecule has 634 valence electrons. The Kier molecular flexibility index (Phi) is 80.4. The van der Waals surface area contributed by atoms with E-state index < -0.39 is 91.5 Å². The van der Waals surface area contributed by atoms with Crippen LogP contribution in [0.5, 0.6) is 0 Å². The van der Waals surface area contributed by atoms with Crippen LogP contribution in [-0.2, 0) is 55.8 Å². The summed E-state index contributed by atoms with van der Waals surface area (Å²) in [5, 5.41) is 20.7. The molecule has 0 amide bonds. The van der Waals surface area contributed by atoms with Gasteiger partial charge in [-0.05, 0) is 154 Å². The van der Waals surface area contributed by atoms with Crippen LogP contribution < -0.4 is 0 Å². The van der Waals surface area contributed by atoms with Gasteiger partial charge in [0.1, 0.15) is 25.4 Å². The van der Waals surface area contributed by atoms with Gasteiger partial charge in [0.15, 0.2) is 6.10 Å². The molecule has 0 aliphatic carbocycles. The topological polar surface area (TPSA) is 231 Å². The Labute approximate surface area is 675 Å². The van der Waals surface area contributed by atoms with Crippen molar-refractivity contribution in [3.63, 3.8) is 0 Å². The van der Waals surface area contributed by atoms with Crippen LogP contribution in [0.25, 0.3) is 0 Å². The zero-order valence-electron chi connectivity index (χ0n) is 69.6. The first-order chi connectivity index (χ1) is 54.2. The van der Waals surface area contributed by atoms with Gasteiger partial charge in [-0.2, -0.15) is 0 Å². The highest BCUT2D eigenvalue weighted by atomic mass is 31.2. The number of phosphoric acid groups is 2. The molecule has 0 saturated carbocycles. The molecule has 0 bridgehead atoms. The number of hydrogen-bond donors (Lipinski definition) is 4. The van der Waals surface area contributed by atoms with Crippen molar-refractivity contribution in [1.29, 1.82) is 0 Å². The van der Waals surface area contributed by atoms with Gasteiger partial charge in [-0.3, -0.25) is 32.5 Å². The zero-order valence-corrected chi connectivity index (χ0v) is 71.4. The lowest BCUT2D eigenvalue weighted by Gasteiger charge is -2.21. The maximum atomic E-state index is 13.1. The van der Waals surface area contributed by atoms with Gasteiger partial charge in [0.2, 0.25) is 0 Å². The first-order valence-corrected chi connectivity index (χ1v) is 46.4. The van der Waals surface area contributed by atoms with E-state index in [2.05, 4.69) is 191 Å². The maximum Gasteiger partial charge on any atom is 0.472 e. The van der Waals surface area contributed by atoms with Crippen molar-refractivity contribution >= 4 is 33.6 Å². The fourth-order valence-corrected chi connectivity index (χ4v) is 13.0. The highest BCUT2D eigenvalue weighted by Gasteiger charge is 2.29. The van der Waals surface area contributed by atoms with E-state index in [1.165, 1.54) is 96.3 Å². The van der Waals surface area contributed by atoms with Crippen LogP contribution in [0.2, 0.25) is 0 Å². The van der Waals surface area contributed by atoms with Crippen molar-refractivity contribution < 1.29 is 75.8 Å². The quantitative estimate of drug-likeness (QED) is 0.0146. The van der Waals surface area contributed by atoms with Gasteiger partial charge >= 0.3 is 33.6 Å². The fourth-order valence-electron chi connectivity index (χ4n) is 11.4. The molecule has 111 heavy (non-hydrogen) atoms. The molecule has 0 heterocycles. The fraction of sp³-hybridized carbons (Fsp3) is 0.667. The molecule has 0 aromatic carbocycles. The Morgan fingerprint density at radius 1 is 0.261 bits per heavy atom. The average Bonchev–Trinajstić information content (AvgIpc) is 0.897. The average molecular weight is 1590 g/mol. The summed E-state index contributed by atoms with van der Waals surface area (Å²) in [7, 11) is -9.82. The molecular formula is C93H156O16P2. The Bertz CT molecular complexity index is 2700. The first-order valence-electron chi connectivity index (χ1n) is 43.4. The molecule has 0 aromatic rings. The Hall–Kier alpha value is -5.09. The molecule has 0 rings (SSSR count). The van der Waals surface area contributed by atoms with E-state index in [4.69, 9.17) is 32.3 Å². The van der Waals surface area contributed by atoms with Gasteiger partial charge in [0, 0.05) is 19.3 Å². The third-order valence-corrected chi connectivity index (χ3v) is 19.8. The number of carbonyl (C=O) groups excluding carboxylic acids is 3. The molecule has 0 aliphatic rings. The summed E-state index contributed by atoms with van der Waals surface area (Å²) >= 11 is 0. The minimum atomic E-state index is -4.95. The molecule has 18 heteroatoms. The molecule has 0 spiro atoms. The Balaban J connectivity index is 4.69. The third kappa shape index (κ3) is 85.6. The van der Waals surface area contributed by atoms with Crippen LogP contribution in [0.1, 0.15) is 342 Å². The number of carbonyl (C=O) groups is 3. The highest BCUT2D eigenvalue weighted by molar-refractivity contribution is 7.47. The van der Waals surface area contributed by atoms with Crippen molar-refractivity contribution in [3.8, 4) is 0 Å². The van der Waals surface area contributed by atoms with E-state index in [1.807, 2.05) is 0 Å². The molecule has 16 nitrogen and oxygen atoms in total. The second kappa shape index (κ2) is 84.3. The van der Waals surface area contributed by atoms with Crippen LogP contribution in [0.15, 0.2) is 170 Å². The van der Waals surface area contributed by atoms with Gasteiger partial charge in [0.25, 0.3) is 0 Å². The lowest BCUT2D eigenvalue weighted by atomic mass is 10.0. The Morgan fingerprint density at radius 3 is 0.757 bits per heavy atom. The summed E-state index contributed by atoms with van der Waals surface area (Å²) in [6, 6.07) is 0. The van der Waals surface area contributed by atoms with Crippen LogP contribution >= 0.6 is 15.6 Å². The molecular weight excluding hydrogens is 1430 g/mol. The smallest absolute Gasteiger partial charge is 0.463 e. The monoisotopic (exact) mass is 1590 g/mol. The molecule has 0 saturated heterocycles. The Morgan fingerprint density at radius 2 is 0.477 bits per heavy atom. The lowest BCUT2D eigenvalue weighted by Crippen LogP contribution is -2.30. The molecule has 4 N–H and O–H groups in total. The van der Waals surface area contributed by atoms with E-state index in [0.29, 0.717) is 19.3 Å². The van der Waals surface area contributed by atoms with E-state index in [0.717, 1.165) is 186 Å².